The van der Waals surface area contributed by atoms with Crippen LogP contribution in [0.5, 0.6) is 0 Å². The van der Waals surface area contributed by atoms with E-state index in [1.165, 1.54) is 6.42 Å². The zero-order valence-corrected chi connectivity index (χ0v) is 18.7. The van der Waals surface area contributed by atoms with E-state index >= 15 is 0 Å². The lowest BCUT2D eigenvalue weighted by molar-refractivity contribution is -0.134. The van der Waals surface area contributed by atoms with E-state index in [1.54, 1.807) is 0 Å². The van der Waals surface area contributed by atoms with Crippen LogP contribution in [0.4, 0.5) is 0 Å². The number of hydrogen-bond acceptors (Lipinski definition) is 4. The third kappa shape index (κ3) is 8.39. The number of amides is 1. The Morgan fingerprint density at radius 2 is 1.96 bits per heavy atom. The molecule has 152 valence electrons. The molecule has 0 spiro atoms. The molecule has 0 aliphatic carbocycles. The number of hydrogen-bond donors (Lipinski definition) is 2. The summed E-state index contributed by atoms with van der Waals surface area (Å²) in [7, 11) is 0. The lowest BCUT2D eigenvalue weighted by Crippen LogP contribution is -2.44. The fraction of sp³-hybridized carbons (Fsp3) is 0.889. The van der Waals surface area contributed by atoms with Crippen LogP contribution in [0.3, 0.4) is 0 Å². The van der Waals surface area contributed by atoms with Crippen LogP contribution in [0.2, 0.25) is 0 Å². The number of ether oxygens (including phenoxy) is 1. The molecule has 0 saturated carbocycles. The van der Waals surface area contributed by atoms with E-state index in [4.69, 9.17) is 4.74 Å². The summed E-state index contributed by atoms with van der Waals surface area (Å²) in [5, 5.41) is 6.54. The lowest BCUT2D eigenvalue weighted by Gasteiger charge is -2.33. The number of carbonyl (C=O) groups excluding carboxylic acids is 1. The SMILES string of the molecule is CCNC(=NCCN1CCOCC1)NCCC(=O)N1CCCCC1C.I. The molecule has 2 saturated heterocycles. The van der Waals surface area contributed by atoms with Crippen LogP contribution in [-0.2, 0) is 9.53 Å². The molecule has 1 amide bonds. The van der Waals surface area contributed by atoms with Gasteiger partial charge >= 0.3 is 0 Å². The molecular weight excluding hydrogens is 445 g/mol. The molecule has 7 nitrogen and oxygen atoms in total. The highest BCUT2D eigenvalue weighted by Crippen LogP contribution is 2.16. The van der Waals surface area contributed by atoms with E-state index in [1.807, 2.05) is 4.90 Å². The molecule has 1 unspecified atom stereocenters. The molecule has 2 fully saturated rings. The number of rotatable bonds is 7. The number of halogens is 1. The maximum absolute atomic E-state index is 12.4. The second-order valence-electron chi connectivity index (χ2n) is 6.82. The Morgan fingerprint density at radius 3 is 2.65 bits per heavy atom. The Bertz CT molecular complexity index is 430. The Labute approximate surface area is 175 Å². The number of nitrogens with one attached hydrogen (secondary N) is 2. The van der Waals surface area contributed by atoms with Gasteiger partial charge in [-0.3, -0.25) is 14.7 Å². The van der Waals surface area contributed by atoms with Crippen molar-refractivity contribution in [2.24, 2.45) is 4.99 Å². The van der Waals surface area contributed by atoms with Gasteiger partial charge < -0.3 is 20.3 Å². The van der Waals surface area contributed by atoms with Gasteiger partial charge in [-0.15, -0.1) is 24.0 Å². The highest BCUT2D eigenvalue weighted by atomic mass is 127. The van der Waals surface area contributed by atoms with Gasteiger partial charge in [0.2, 0.25) is 5.91 Å². The minimum atomic E-state index is 0. The van der Waals surface area contributed by atoms with Gasteiger partial charge in [0.1, 0.15) is 0 Å². The Morgan fingerprint density at radius 1 is 1.19 bits per heavy atom. The summed E-state index contributed by atoms with van der Waals surface area (Å²) in [6.45, 7) is 11.9. The van der Waals surface area contributed by atoms with Gasteiger partial charge in [0, 0.05) is 51.7 Å². The van der Waals surface area contributed by atoms with Gasteiger partial charge in [-0.2, -0.15) is 0 Å². The summed E-state index contributed by atoms with van der Waals surface area (Å²) in [4.78, 5) is 21.4. The normalized spacial score (nSPS) is 21.8. The average molecular weight is 481 g/mol. The fourth-order valence-corrected chi connectivity index (χ4v) is 3.37. The smallest absolute Gasteiger partial charge is 0.224 e. The zero-order valence-electron chi connectivity index (χ0n) is 16.3. The molecule has 0 aromatic heterocycles. The van der Waals surface area contributed by atoms with E-state index < -0.39 is 0 Å². The van der Waals surface area contributed by atoms with Crippen LogP contribution in [0.15, 0.2) is 4.99 Å². The van der Waals surface area contributed by atoms with Crippen molar-refractivity contribution in [2.75, 3.05) is 59.0 Å². The molecule has 2 N–H and O–H groups in total. The van der Waals surface area contributed by atoms with Crippen LogP contribution in [-0.4, -0.2) is 86.7 Å². The van der Waals surface area contributed by atoms with Crippen LogP contribution in [0.25, 0.3) is 0 Å². The number of likely N-dealkylation sites (tertiary alicyclic amines) is 1. The van der Waals surface area contributed by atoms with Crippen molar-refractivity contribution in [1.82, 2.24) is 20.4 Å². The number of nitrogens with zero attached hydrogens (tertiary/aromatic N) is 3. The first kappa shape index (κ1) is 23.4. The van der Waals surface area contributed by atoms with Gasteiger partial charge in [0.05, 0.1) is 19.8 Å². The largest absolute Gasteiger partial charge is 0.379 e. The number of piperidine rings is 1. The van der Waals surface area contributed by atoms with Crippen LogP contribution in [0.1, 0.15) is 39.5 Å². The molecule has 2 heterocycles. The molecule has 0 bridgehead atoms. The molecule has 1 atom stereocenters. The first-order valence-electron chi connectivity index (χ1n) is 9.82. The molecule has 0 aromatic carbocycles. The first-order valence-corrected chi connectivity index (χ1v) is 9.82. The van der Waals surface area contributed by atoms with Crippen molar-refractivity contribution >= 4 is 35.8 Å². The summed E-state index contributed by atoms with van der Waals surface area (Å²) in [6, 6.07) is 0.386. The van der Waals surface area contributed by atoms with Crippen molar-refractivity contribution in [1.29, 1.82) is 0 Å². The molecule has 0 aromatic rings. The van der Waals surface area contributed by atoms with E-state index in [9.17, 15) is 4.79 Å². The predicted molar refractivity (Wildman–Crippen MR) is 116 cm³/mol. The Kier molecular flexibility index (Phi) is 12.2. The van der Waals surface area contributed by atoms with E-state index in [0.717, 1.165) is 71.3 Å². The first-order chi connectivity index (χ1) is 12.2. The Hall–Kier alpha value is -0.610. The molecule has 8 heteroatoms. The van der Waals surface area contributed by atoms with Gasteiger partial charge in [-0.05, 0) is 33.1 Å². The summed E-state index contributed by atoms with van der Waals surface area (Å²) < 4.78 is 5.36. The van der Waals surface area contributed by atoms with Crippen molar-refractivity contribution in [3.8, 4) is 0 Å². The predicted octanol–water partition coefficient (Wildman–Crippen LogP) is 1.28. The maximum Gasteiger partial charge on any atom is 0.224 e. The number of morpholine rings is 1. The zero-order chi connectivity index (χ0) is 17.9. The van der Waals surface area contributed by atoms with Crippen LogP contribution in [0, 0.1) is 0 Å². The quantitative estimate of drug-likeness (QED) is 0.326. The average Bonchev–Trinajstić information content (AvgIpc) is 2.63. The van der Waals surface area contributed by atoms with Crippen LogP contribution >= 0.6 is 24.0 Å². The maximum atomic E-state index is 12.4. The second-order valence-corrected chi connectivity index (χ2v) is 6.82. The monoisotopic (exact) mass is 481 g/mol. The summed E-state index contributed by atoms with van der Waals surface area (Å²) in [5.74, 6) is 1.05. The van der Waals surface area contributed by atoms with Crippen molar-refractivity contribution in [3.05, 3.63) is 0 Å². The van der Waals surface area contributed by atoms with Crippen molar-refractivity contribution in [2.45, 2.75) is 45.6 Å². The highest BCUT2D eigenvalue weighted by molar-refractivity contribution is 14.0. The molecular formula is C18H36IN5O2. The van der Waals surface area contributed by atoms with Crippen molar-refractivity contribution in [3.63, 3.8) is 0 Å². The molecule has 0 radical (unpaired) electrons. The number of carbonyl (C=O) groups is 1. The third-order valence-electron chi connectivity index (χ3n) is 4.89. The van der Waals surface area contributed by atoms with Gasteiger partial charge in [-0.25, -0.2) is 0 Å². The van der Waals surface area contributed by atoms with Crippen LogP contribution < -0.4 is 10.6 Å². The van der Waals surface area contributed by atoms with E-state index in [0.29, 0.717) is 19.0 Å². The molecule has 2 aliphatic heterocycles. The second kappa shape index (κ2) is 13.5. The van der Waals surface area contributed by atoms with E-state index in [2.05, 4.69) is 34.4 Å². The van der Waals surface area contributed by atoms with E-state index in [-0.39, 0.29) is 29.9 Å². The van der Waals surface area contributed by atoms with Gasteiger partial charge in [0.25, 0.3) is 0 Å². The van der Waals surface area contributed by atoms with Gasteiger partial charge in [-0.1, -0.05) is 0 Å². The fourth-order valence-electron chi connectivity index (χ4n) is 3.37. The molecule has 2 rings (SSSR count). The minimum Gasteiger partial charge on any atom is -0.379 e. The number of guanidine groups is 1. The van der Waals surface area contributed by atoms with Crippen molar-refractivity contribution < 1.29 is 9.53 Å². The number of aliphatic imine (C=N–C) groups is 1. The summed E-state index contributed by atoms with van der Waals surface area (Å²) in [6.07, 6.45) is 4.03. The summed E-state index contributed by atoms with van der Waals surface area (Å²) in [5.41, 5.74) is 0. The third-order valence-corrected chi connectivity index (χ3v) is 4.89. The minimum absolute atomic E-state index is 0. The molecule has 2 aliphatic rings. The topological polar surface area (TPSA) is 69.2 Å². The Balaban J connectivity index is 0.00000338. The standard InChI is InChI=1S/C18H35N5O2.HI/c1-3-19-18(21-9-11-22-12-14-25-15-13-22)20-8-7-17(24)23-10-5-4-6-16(23)2;/h16H,3-15H2,1-2H3,(H2,19,20,21);1H. The summed E-state index contributed by atoms with van der Waals surface area (Å²) >= 11 is 0. The molecule has 26 heavy (non-hydrogen) atoms. The lowest BCUT2D eigenvalue weighted by atomic mass is 10.0. The van der Waals surface area contributed by atoms with Gasteiger partial charge in [0.15, 0.2) is 5.96 Å². The highest BCUT2D eigenvalue weighted by Gasteiger charge is 2.22.